The molecule has 0 bridgehead atoms. The summed E-state index contributed by atoms with van der Waals surface area (Å²) in [4.78, 5) is 37.5. The molecule has 1 aliphatic heterocycles. The maximum absolute atomic E-state index is 13.1. The number of nitrogens with zero attached hydrogens (tertiary/aromatic N) is 2. The van der Waals surface area contributed by atoms with Crippen molar-refractivity contribution in [3.05, 3.63) is 88.0 Å². The number of hydrogen-bond donors (Lipinski definition) is 1. The Balaban J connectivity index is 1.54. The first-order valence-corrected chi connectivity index (χ1v) is 9.72. The Morgan fingerprint density at radius 2 is 1.81 bits per heavy atom. The van der Waals surface area contributed by atoms with E-state index in [9.17, 15) is 19.7 Å². The first-order chi connectivity index (χ1) is 15.0. The predicted octanol–water partition coefficient (Wildman–Crippen LogP) is 4.55. The third kappa shape index (κ3) is 4.09. The minimum absolute atomic E-state index is 0.0325. The van der Waals surface area contributed by atoms with Crippen LogP contribution in [0.25, 0.3) is 0 Å². The van der Waals surface area contributed by atoms with Crippen LogP contribution in [0, 0.1) is 10.1 Å². The van der Waals surface area contributed by atoms with E-state index >= 15 is 0 Å². The standard InChI is InChI=1S/C23H19N3O5/c1-2-25-19-5-3-4-6-21(19)31-20-12-9-16(14-18(20)23(25)28)24-22(27)13-15-7-10-17(11-8-15)26(29)30/h3-12,14H,2,13H2,1H3,(H,24,27). The molecular weight excluding hydrogens is 398 g/mol. The van der Waals surface area contributed by atoms with Crippen LogP contribution in [-0.4, -0.2) is 23.3 Å². The largest absolute Gasteiger partial charge is 0.454 e. The van der Waals surface area contributed by atoms with Gasteiger partial charge in [-0.05, 0) is 42.8 Å². The Morgan fingerprint density at radius 3 is 2.52 bits per heavy atom. The van der Waals surface area contributed by atoms with E-state index in [-0.39, 0.29) is 23.9 Å². The fourth-order valence-electron chi connectivity index (χ4n) is 3.44. The zero-order valence-electron chi connectivity index (χ0n) is 16.7. The van der Waals surface area contributed by atoms with Crippen molar-refractivity contribution in [3.63, 3.8) is 0 Å². The molecule has 1 heterocycles. The van der Waals surface area contributed by atoms with Crippen LogP contribution in [-0.2, 0) is 11.2 Å². The van der Waals surface area contributed by atoms with Gasteiger partial charge >= 0.3 is 0 Å². The summed E-state index contributed by atoms with van der Waals surface area (Å²) in [5.74, 6) is 0.494. The number of ether oxygens (including phenoxy) is 1. The molecule has 0 saturated heterocycles. The number of carbonyl (C=O) groups is 2. The van der Waals surface area contributed by atoms with Crippen LogP contribution in [0.2, 0.25) is 0 Å². The van der Waals surface area contributed by atoms with Crippen molar-refractivity contribution in [3.8, 4) is 11.5 Å². The zero-order chi connectivity index (χ0) is 22.0. The Morgan fingerprint density at radius 1 is 1.06 bits per heavy atom. The fourth-order valence-corrected chi connectivity index (χ4v) is 3.44. The molecule has 31 heavy (non-hydrogen) atoms. The third-order valence-corrected chi connectivity index (χ3v) is 4.94. The number of nitro groups is 1. The summed E-state index contributed by atoms with van der Waals surface area (Å²) >= 11 is 0. The molecule has 4 rings (SSSR count). The first kappa shape index (κ1) is 20.1. The van der Waals surface area contributed by atoms with Gasteiger partial charge < -0.3 is 15.0 Å². The number of anilines is 2. The molecule has 0 aliphatic carbocycles. The van der Waals surface area contributed by atoms with Gasteiger partial charge in [0, 0.05) is 24.4 Å². The number of fused-ring (bicyclic) bond motifs is 2. The van der Waals surface area contributed by atoms with Crippen LogP contribution in [0.3, 0.4) is 0 Å². The van der Waals surface area contributed by atoms with Crippen molar-refractivity contribution in [2.75, 3.05) is 16.8 Å². The lowest BCUT2D eigenvalue weighted by molar-refractivity contribution is -0.384. The molecule has 8 nitrogen and oxygen atoms in total. The monoisotopic (exact) mass is 417 g/mol. The summed E-state index contributed by atoms with van der Waals surface area (Å²) in [6, 6.07) is 18.1. The minimum atomic E-state index is -0.490. The third-order valence-electron chi connectivity index (χ3n) is 4.94. The number of carbonyl (C=O) groups excluding carboxylic acids is 2. The van der Waals surface area contributed by atoms with Crippen molar-refractivity contribution < 1.29 is 19.2 Å². The molecule has 1 aliphatic rings. The highest BCUT2D eigenvalue weighted by molar-refractivity contribution is 6.10. The summed E-state index contributed by atoms with van der Waals surface area (Å²) in [6.45, 7) is 2.35. The van der Waals surface area contributed by atoms with Crippen molar-refractivity contribution >= 4 is 28.9 Å². The SMILES string of the molecule is CCN1C(=O)c2cc(NC(=O)Cc3ccc([N+](=O)[O-])cc3)ccc2Oc2ccccc21. The quantitative estimate of drug-likeness (QED) is 0.485. The number of amides is 2. The van der Waals surface area contributed by atoms with Crippen LogP contribution >= 0.6 is 0 Å². The highest BCUT2D eigenvalue weighted by Gasteiger charge is 2.27. The van der Waals surface area contributed by atoms with Crippen molar-refractivity contribution in [1.29, 1.82) is 0 Å². The number of nitrogens with one attached hydrogen (secondary N) is 1. The van der Waals surface area contributed by atoms with Gasteiger partial charge in [0.15, 0.2) is 5.75 Å². The number of benzene rings is 3. The van der Waals surface area contributed by atoms with Gasteiger partial charge in [-0.25, -0.2) is 0 Å². The number of para-hydroxylation sites is 2. The van der Waals surface area contributed by atoms with E-state index in [1.165, 1.54) is 12.1 Å². The summed E-state index contributed by atoms with van der Waals surface area (Å²) < 4.78 is 5.96. The topological polar surface area (TPSA) is 102 Å². The Hall–Kier alpha value is -4.20. The van der Waals surface area contributed by atoms with Gasteiger partial charge in [0.05, 0.1) is 22.6 Å². The Labute approximate surface area is 178 Å². The molecule has 0 atom stereocenters. The average molecular weight is 417 g/mol. The van der Waals surface area contributed by atoms with E-state index in [1.54, 1.807) is 41.3 Å². The normalized spacial score (nSPS) is 12.3. The average Bonchev–Trinajstić information content (AvgIpc) is 2.87. The molecule has 0 radical (unpaired) electrons. The smallest absolute Gasteiger partial charge is 0.269 e. The summed E-state index contributed by atoms with van der Waals surface area (Å²) in [5.41, 5.74) is 2.12. The molecule has 0 spiro atoms. The Bertz CT molecular complexity index is 1170. The Kier molecular flexibility index (Phi) is 5.36. The van der Waals surface area contributed by atoms with Crippen molar-refractivity contribution in [2.45, 2.75) is 13.3 Å². The maximum Gasteiger partial charge on any atom is 0.269 e. The molecule has 8 heteroatoms. The van der Waals surface area contributed by atoms with E-state index in [4.69, 9.17) is 4.74 Å². The van der Waals surface area contributed by atoms with Crippen LogP contribution in [0.4, 0.5) is 17.1 Å². The fraction of sp³-hybridized carbons (Fsp3) is 0.130. The second kappa shape index (κ2) is 8.27. The number of nitro benzene ring substituents is 1. The molecule has 3 aromatic carbocycles. The molecule has 156 valence electrons. The minimum Gasteiger partial charge on any atom is -0.454 e. The van der Waals surface area contributed by atoms with Crippen LogP contribution < -0.4 is 15.0 Å². The summed E-state index contributed by atoms with van der Waals surface area (Å²) in [7, 11) is 0. The van der Waals surface area contributed by atoms with Gasteiger partial charge in [-0.1, -0.05) is 24.3 Å². The molecule has 1 N–H and O–H groups in total. The van der Waals surface area contributed by atoms with E-state index in [0.717, 1.165) is 0 Å². The van der Waals surface area contributed by atoms with E-state index < -0.39 is 4.92 Å². The van der Waals surface area contributed by atoms with Crippen LogP contribution in [0.5, 0.6) is 11.5 Å². The van der Waals surface area contributed by atoms with Gasteiger partial charge in [-0.3, -0.25) is 19.7 Å². The van der Waals surface area contributed by atoms with Gasteiger partial charge in [-0.2, -0.15) is 0 Å². The summed E-state index contributed by atoms with van der Waals surface area (Å²) in [6.07, 6.45) is 0.0477. The first-order valence-electron chi connectivity index (χ1n) is 9.72. The number of non-ortho nitro benzene ring substituents is 1. The lowest BCUT2D eigenvalue weighted by Crippen LogP contribution is -2.29. The number of hydrogen-bond acceptors (Lipinski definition) is 5. The number of rotatable bonds is 5. The van der Waals surface area contributed by atoms with Crippen molar-refractivity contribution in [1.82, 2.24) is 0 Å². The molecule has 3 aromatic rings. The van der Waals surface area contributed by atoms with Gasteiger partial charge in [0.25, 0.3) is 11.6 Å². The van der Waals surface area contributed by atoms with E-state index in [2.05, 4.69) is 5.32 Å². The maximum atomic E-state index is 13.1. The molecule has 2 amide bonds. The highest BCUT2D eigenvalue weighted by atomic mass is 16.6. The van der Waals surface area contributed by atoms with Crippen LogP contribution in [0.15, 0.2) is 66.7 Å². The van der Waals surface area contributed by atoms with Gasteiger partial charge in [0.2, 0.25) is 5.91 Å². The molecule has 0 unspecified atom stereocenters. The van der Waals surface area contributed by atoms with E-state index in [1.807, 2.05) is 25.1 Å². The second-order valence-electron chi connectivity index (χ2n) is 6.98. The lowest BCUT2D eigenvalue weighted by Gasteiger charge is -2.19. The summed E-state index contributed by atoms with van der Waals surface area (Å²) in [5, 5.41) is 13.5. The van der Waals surface area contributed by atoms with E-state index in [0.29, 0.717) is 40.5 Å². The zero-order valence-corrected chi connectivity index (χ0v) is 16.7. The lowest BCUT2D eigenvalue weighted by atomic mass is 10.1. The molecule has 0 aromatic heterocycles. The van der Waals surface area contributed by atoms with Gasteiger partial charge in [0.1, 0.15) is 5.75 Å². The predicted molar refractivity (Wildman–Crippen MR) is 116 cm³/mol. The molecular formula is C23H19N3O5. The van der Waals surface area contributed by atoms with Crippen LogP contribution in [0.1, 0.15) is 22.8 Å². The van der Waals surface area contributed by atoms with Crippen molar-refractivity contribution in [2.24, 2.45) is 0 Å². The molecule has 0 saturated carbocycles. The second-order valence-corrected chi connectivity index (χ2v) is 6.98. The van der Waals surface area contributed by atoms with Gasteiger partial charge in [-0.15, -0.1) is 0 Å². The highest BCUT2D eigenvalue weighted by Crippen LogP contribution is 2.39. The molecule has 0 fully saturated rings.